The molecule has 24 heavy (non-hydrogen) atoms. The first-order chi connectivity index (χ1) is 11.6. The summed E-state index contributed by atoms with van der Waals surface area (Å²) < 4.78 is 7.06. The van der Waals surface area contributed by atoms with Crippen LogP contribution in [0.15, 0.2) is 53.5 Å². The fourth-order valence-electron chi connectivity index (χ4n) is 2.27. The van der Waals surface area contributed by atoms with Gasteiger partial charge in [-0.3, -0.25) is 14.8 Å². The van der Waals surface area contributed by atoms with Gasteiger partial charge in [0.1, 0.15) is 5.75 Å². The summed E-state index contributed by atoms with van der Waals surface area (Å²) in [6.07, 6.45) is 4.87. The predicted octanol–water partition coefficient (Wildman–Crippen LogP) is 2.01. The van der Waals surface area contributed by atoms with Crippen molar-refractivity contribution in [3.63, 3.8) is 0 Å². The number of aryl methyl sites for hydroxylation is 2. The van der Waals surface area contributed by atoms with Crippen LogP contribution in [0, 0.1) is 0 Å². The second-order valence-electron chi connectivity index (χ2n) is 5.10. The molecule has 1 amide bonds. The Bertz CT molecular complexity index is 781. The number of hydrogen-bond acceptors (Lipinski definition) is 4. The fraction of sp³-hybridized carbons (Fsp3) is 0.222. The second-order valence-corrected chi connectivity index (χ2v) is 5.10. The number of benzene rings is 1. The van der Waals surface area contributed by atoms with E-state index in [2.05, 4.69) is 0 Å². The third-order valence-corrected chi connectivity index (χ3v) is 3.42. The van der Waals surface area contributed by atoms with E-state index in [9.17, 15) is 9.59 Å². The molecule has 2 N–H and O–H groups in total. The SMILES string of the molecule is CCOc1cccc(CCn2cccc(/C=C/C(=O)NO)c2=O)c1. The van der Waals surface area contributed by atoms with Crippen LogP contribution in [0.5, 0.6) is 5.75 Å². The standard InChI is InChI=1S/C18H20N2O4/c1-2-24-16-7-3-5-14(13-16)10-12-20-11-4-6-15(18(20)22)8-9-17(21)19-23/h3-9,11,13,23H,2,10,12H2,1H3,(H,19,21)/b9-8+. The average molecular weight is 328 g/mol. The van der Waals surface area contributed by atoms with Crippen LogP contribution in [-0.2, 0) is 17.8 Å². The van der Waals surface area contributed by atoms with Crippen molar-refractivity contribution in [3.8, 4) is 5.75 Å². The van der Waals surface area contributed by atoms with Crippen LogP contribution in [0.4, 0.5) is 0 Å². The Labute approximate surface area is 140 Å². The van der Waals surface area contributed by atoms with E-state index in [-0.39, 0.29) is 5.56 Å². The minimum absolute atomic E-state index is 0.194. The van der Waals surface area contributed by atoms with E-state index in [1.807, 2.05) is 31.2 Å². The van der Waals surface area contributed by atoms with Crippen molar-refractivity contribution in [2.45, 2.75) is 19.9 Å². The summed E-state index contributed by atoms with van der Waals surface area (Å²) in [5.41, 5.74) is 2.75. The van der Waals surface area contributed by atoms with Crippen molar-refractivity contribution in [1.29, 1.82) is 0 Å². The number of amides is 1. The molecule has 1 heterocycles. The van der Waals surface area contributed by atoms with Gasteiger partial charge in [0.25, 0.3) is 11.5 Å². The molecule has 0 radical (unpaired) electrons. The normalized spacial score (nSPS) is 10.8. The average Bonchev–Trinajstić information content (AvgIpc) is 2.60. The van der Waals surface area contributed by atoms with Gasteiger partial charge in [0.2, 0.25) is 0 Å². The highest BCUT2D eigenvalue weighted by Gasteiger charge is 2.03. The molecule has 0 fully saturated rings. The minimum Gasteiger partial charge on any atom is -0.494 e. The molecule has 0 aliphatic rings. The summed E-state index contributed by atoms with van der Waals surface area (Å²) in [5, 5.41) is 8.46. The van der Waals surface area contributed by atoms with Gasteiger partial charge in [0.05, 0.1) is 6.61 Å². The van der Waals surface area contributed by atoms with Gasteiger partial charge in [-0.25, -0.2) is 5.48 Å². The molecule has 2 rings (SSSR count). The molecule has 0 atom stereocenters. The highest BCUT2D eigenvalue weighted by molar-refractivity contribution is 5.90. The fourth-order valence-corrected chi connectivity index (χ4v) is 2.27. The quantitative estimate of drug-likeness (QED) is 0.463. The monoisotopic (exact) mass is 328 g/mol. The zero-order valence-corrected chi connectivity index (χ0v) is 13.4. The van der Waals surface area contributed by atoms with Gasteiger partial charge in [-0.1, -0.05) is 12.1 Å². The lowest BCUT2D eigenvalue weighted by molar-refractivity contribution is -0.124. The van der Waals surface area contributed by atoms with E-state index in [1.54, 1.807) is 22.9 Å². The first kappa shape index (κ1) is 17.5. The first-order valence-corrected chi connectivity index (χ1v) is 7.67. The molecule has 0 bridgehead atoms. The van der Waals surface area contributed by atoms with Gasteiger partial charge in [-0.2, -0.15) is 0 Å². The van der Waals surface area contributed by atoms with Gasteiger partial charge in [0.15, 0.2) is 0 Å². The second kappa shape index (κ2) is 8.69. The molecule has 0 spiro atoms. The smallest absolute Gasteiger partial charge is 0.267 e. The molecule has 0 saturated heterocycles. The Balaban J connectivity index is 2.10. The van der Waals surface area contributed by atoms with Crippen LogP contribution in [0.1, 0.15) is 18.1 Å². The van der Waals surface area contributed by atoms with Crippen LogP contribution < -0.4 is 15.8 Å². The molecular weight excluding hydrogens is 308 g/mol. The number of rotatable bonds is 7. The Hall–Kier alpha value is -2.86. The lowest BCUT2D eigenvalue weighted by Gasteiger charge is -2.08. The summed E-state index contributed by atoms with van der Waals surface area (Å²) in [4.78, 5) is 23.4. The third-order valence-electron chi connectivity index (χ3n) is 3.42. The highest BCUT2D eigenvalue weighted by atomic mass is 16.5. The van der Waals surface area contributed by atoms with E-state index in [4.69, 9.17) is 9.94 Å². The van der Waals surface area contributed by atoms with E-state index in [1.165, 1.54) is 11.6 Å². The zero-order chi connectivity index (χ0) is 17.4. The van der Waals surface area contributed by atoms with Gasteiger partial charge < -0.3 is 9.30 Å². The third kappa shape index (κ3) is 4.82. The molecule has 126 valence electrons. The Morgan fingerprint density at radius 3 is 2.92 bits per heavy atom. The van der Waals surface area contributed by atoms with Crippen LogP contribution in [0.25, 0.3) is 6.08 Å². The summed E-state index contributed by atoms with van der Waals surface area (Å²) in [6.45, 7) is 3.06. The largest absolute Gasteiger partial charge is 0.494 e. The maximum Gasteiger partial charge on any atom is 0.267 e. The van der Waals surface area contributed by atoms with Gasteiger partial charge in [-0.15, -0.1) is 0 Å². The molecule has 2 aromatic rings. The Morgan fingerprint density at radius 2 is 2.17 bits per heavy atom. The van der Waals surface area contributed by atoms with E-state index in [0.29, 0.717) is 25.1 Å². The van der Waals surface area contributed by atoms with Gasteiger partial charge in [0, 0.05) is 24.4 Å². The van der Waals surface area contributed by atoms with Crippen molar-refractivity contribution in [2.75, 3.05) is 6.61 Å². The molecule has 6 heteroatoms. The molecule has 1 aromatic heterocycles. The van der Waals surface area contributed by atoms with E-state index >= 15 is 0 Å². The predicted molar refractivity (Wildman–Crippen MR) is 91.0 cm³/mol. The molecule has 0 unspecified atom stereocenters. The number of carbonyl (C=O) groups is 1. The number of hydrogen-bond donors (Lipinski definition) is 2. The van der Waals surface area contributed by atoms with E-state index in [0.717, 1.165) is 17.4 Å². The topological polar surface area (TPSA) is 80.6 Å². The minimum atomic E-state index is -0.683. The van der Waals surface area contributed by atoms with E-state index < -0.39 is 5.91 Å². The number of carbonyl (C=O) groups excluding carboxylic acids is 1. The molecule has 1 aromatic carbocycles. The summed E-state index contributed by atoms with van der Waals surface area (Å²) >= 11 is 0. The number of nitrogens with zero attached hydrogens (tertiary/aromatic N) is 1. The molecule has 0 aliphatic heterocycles. The molecule has 6 nitrogen and oxygen atoms in total. The number of ether oxygens (including phenoxy) is 1. The molecule has 0 aliphatic carbocycles. The van der Waals surface area contributed by atoms with Crippen LogP contribution in [0.3, 0.4) is 0 Å². The molecular formula is C18H20N2O4. The number of hydroxylamine groups is 1. The van der Waals surface area contributed by atoms with Gasteiger partial charge in [-0.05, 0) is 49.2 Å². The Morgan fingerprint density at radius 1 is 1.33 bits per heavy atom. The van der Waals surface area contributed by atoms with Crippen LogP contribution in [-0.4, -0.2) is 22.3 Å². The van der Waals surface area contributed by atoms with Crippen LogP contribution in [0.2, 0.25) is 0 Å². The van der Waals surface area contributed by atoms with Crippen molar-refractivity contribution in [3.05, 3.63) is 70.2 Å². The van der Waals surface area contributed by atoms with Crippen molar-refractivity contribution < 1.29 is 14.7 Å². The Kier molecular flexibility index (Phi) is 6.33. The van der Waals surface area contributed by atoms with Crippen molar-refractivity contribution in [1.82, 2.24) is 10.0 Å². The van der Waals surface area contributed by atoms with Crippen molar-refractivity contribution >= 4 is 12.0 Å². The van der Waals surface area contributed by atoms with Gasteiger partial charge >= 0.3 is 0 Å². The molecule has 0 saturated carbocycles. The number of nitrogens with one attached hydrogen (secondary N) is 1. The summed E-state index contributed by atoms with van der Waals surface area (Å²) in [6, 6.07) is 11.1. The first-order valence-electron chi connectivity index (χ1n) is 7.67. The number of pyridine rings is 1. The van der Waals surface area contributed by atoms with Crippen LogP contribution >= 0.6 is 0 Å². The van der Waals surface area contributed by atoms with Crippen molar-refractivity contribution in [2.24, 2.45) is 0 Å². The zero-order valence-electron chi connectivity index (χ0n) is 13.4. The highest BCUT2D eigenvalue weighted by Crippen LogP contribution is 2.14. The number of aromatic nitrogens is 1. The summed E-state index contributed by atoms with van der Waals surface area (Å²) in [7, 11) is 0. The maximum atomic E-state index is 12.4. The summed E-state index contributed by atoms with van der Waals surface area (Å²) in [5.74, 6) is 0.131. The lowest BCUT2D eigenvalue weighted by atomic mass is 10.1. The lowest BCUT2D eigenvalue weighted by Crippen LogP contribution is -2.22. The maximum absolute atomic E-state index is 12.4.